The van der Waals surface area contributed by atoms with Gasteiger partial charge < -0.3 is 19.3 Å². The van der Waals surface area contributed by atoms with Gasteiger partial charge in [-0.05, 0) is 37.3 Å². The molecule has 1 atom stereocenters. The Bertz CT molecular complexity index is 995. The zero-order valence-corrected chi connectivity index (χ0v) is 16.3. The Morgan fingerprint density at radius 3 is 2.76 bits per heavy atom. The molecule has 2 amide bonds. The summed E-state index contributed by atoms with van der Waals surface area (Å²) in [6, 6.07) is 12.8. The van der Waals surface area contributed by atoms with Crippen molar-refractivity contribution in [3.05, 3.63) is 48.0 Å². The Kier molecular flexibility index (Phi) is 5.13. The van der Waals surface area contributed by atoms with Gasteiger partial charge in [0, 0.05) is 42.5 Å². The standard InChI is InChI=1S/C23H22N2O4/c1-3-16-6-5-7-18(12-16)24(4-2)23(27)17-13-22(26)25(15-17)19-8-9-20-21(14-19)29-11-10-28-20/h1,5-9,12,14,17H,4,10-11,13,15H2,2H3. The van der Waals surface area contributed by atoms with Crippen LogP contribution in [-0.4, -0.2) is 38.1 Å². The Labute approximate surface area is 170 Å². The number of nitrogens with zero attached hydrogens (tertiary/aromatic N) is 2. The summed E-state index contributed by atoms with van der Waals surface area (Å²) in [7, 11) is 0. The van der Waals surface area contributed by atoms with Gasteiger partial charge in [-0.1, -0.05) is 12.0 Å². The van der Waals surface area contributed by atoms with Crippen molar-refractivity contribution < 1.29 is 19.1 Å². The van der Waals surface area contributed by atoms with Crippen molar-refractivity contribution in [1.29, 1.82) is 0 Å². The highest BCUT2D eigenvalue weighted by molar-refractivity contribution is 6.04. The van der Waals surface area contributed by atoms with Crippen LogP contribution < -0.4 is 19.3 Å². The van der Waals surface area contributed by atoms with Crippen LogP contribution in [-0.2, 0) is 9.59 Å². The number of terminal acetylenes is 1. The van der Waals surface area contributed by atoms with Gasteiger partial charge in [0.25, 0.3) is 0 Å². The van der Waals surface area contributed by atoms with E-state index < -0.39 is 5.92 Å². The quantitative estimate of drug-likeness (QED) is 0.754. The molecule has 0 spiro atoms. The van der Waals surface area contributed by atoms with Crippen LogP contribution in [0.15, 0.2) is 42.5 Å². The molecule has 148 valence electrons. The minimum Gasteiger partial charge on any atom is -0.486 e. The summed E-state index contributed by atoms with van der Waals surface area (Å²) in [6.45, 7) is 3.74. The summed E-state index contributed by atoms with van der Waals surface area (Å²) in [5.41, 5.74) is 2.18. The van der Waals surface area contributed by atoms with E-state index in [1.807, 2.05) is 37.3 Å². The second-order valence-corrected chi connectivity index (χ2v) is 7.01. The lowest BCUT2D eigenvalue weighted by molar-refractivity contribution is -0.124. The zero-order valence-electron chi connectivity index (χ0n) is 16.3. The fourth-order valence-electron chi connectivity index (χ4n) is 3.77. The number of carbonyl (C=O) groups excluding carboxylic acids is 2. The molecule has 1 fully saturated rings. The van der Waals surface area contributed by atoms with E-state index >= 15 is 0 Å². The van der Waals surface area contributed by atoms with Crippen molar-refractivity contribution in [2.45, 2.75) is 13.3 Å². The van der Waals surface area contributed by atoms with Gasteiger partial charge in [-0.15, -0.1) is 6.42 Å². The van der Waals surface area contributed by atoms with E-state index in [1.165, 1.54) is 0 Å². The molecule has 0 aromatic heterocycles. The molecule has 1 saturated heterocycles. The van der Waals surface area contributed by atoms with Gasteiger partial charge in [-0.3, -0.25) is 9.59 Å². The highest BCUT2D eigenvalue weighted by Crippen LogP contribution is 2.36. The molecule has 0 saturated carbocycles. The number of ether oxygens (including phenoxy) is 2. The maximum absolute atomic E-state index is 13.2. The predicted octanol–water partition coefficient (Wildman–Crippen LogP) is 2.85. The van der Waals surface area contributed by atoms with E-state index in [9.17, 15) is 9.59 Å². The lowest BCUT2D eigenvalue weighted by Gasteiger charge is -2.25. The van der Waals surface area contributed by atoms with E-state index in [-0.39, 0.29) is 18.2 Å². The van der Waals surface area contributed by atoms with Crippen molar-refractivity contribution in [2.24, 2.45) is 5.92 Å². The molecule has 6 nitrogen and oxygen atoms in total. The van der Waals surface area contributed by atoms with Crippen molar-refractivity contribution in [1.82, 2.24) is 0 Å². The number of benzene rings is 2. The van der Waals surface area contributed by atoms with E-state index in [0.29, 0.717) is 49.1 Å². The average Bonchev–Trinajstić information content (AvgIpc) is 3.15. The molecule has 4 rings (SSSR count). The first-order chi connectivity index (χ1) is 14.1. The van der Waals surface area contributed by atoms with Gasteiger partial charge >= 0.3 is 0 Å². The molecule has 2 aromatic rings. The van der Waals surface area contributed by atoms with Gasteiger partial charge in [0.15, 0.2) is 11.5 Å². The topological polar surface area (TPSA) is 59.1 Å². The highest BCUT2D eigenvalue weighted by Gasteiger charge is 2.37. The van der Waals surface area contributed by atoms with Crippen molar-refractivity contribution in [2.75, 3.05) is 36.1 Å². The van der Waals surface area contributed by atoms with Gasteiger partial charge in [-0.2, -0.15) is 0 Å². The number of amides is 2. The predicted molar refractivity (Wildman–Crippen MR) is 110 cm³/mol. The second-order valence-electron chi connectivity index (χ2n) is 7.01. The van der Waals surface area contributed by atoms with Gasteiger partial charge in [0.05, 0.1) is 5.92 Å². The minimum absolute atomic E-state index is 0.0740. The monoisotopic (exact) mass is 390 g/mol. The number of fused-ring (bicyclic) bond motifs is 1. The SMILES string of the molecule is C#Cc1cccc(N(CC)C(=O)C2CC(=O)N(c3ccc4c(c3)OCCO4)C2)c1. The lowest BCUT2D eigenvalue weighted by atomic mass is 10.1. The van der Waals surface area contributed by atoms with Crippen LogP contribution in [0.5, 0.6) is 11.5 Å². The smallest absolute Gasteiger partial charge is 0.232 e. The number of hydrogen-bond acceptors (Lipinski definition) is 4. The van der Waals surface area contributed by atoms with Crippen LogP contribution in [0.25, 0.3) is 0 Å². The van der Waals surface area contributed by atoms with Gasteiger partial charge in [0.2, 0.25) is 11.8 Å². The Morgan fingerprint density at radius 1 is 1.21 bits per heavy atom. The molecular weight excluding hydrogens is 368 g/mol. The summed E-state index contributed by atoms with van der Waals surface area (Å²) >= 11 is 0. The van der Waals surface area contributed by atoms with Crippen molar-refractivity contribution >= 4 is 23.2 Å². The third-order valence-corrected chi connectivity index (χ3v) is 5.22. The van der Waals surface area contributed by atoms with Crippen LogP contribution in [0.3, 0.4) is 0 Å². The molecule has 2 aromatic carbocycles. The average molecular weight is 390 g/mol. The number of anilines is 2. The molecule has 0 N–H and O–H groups in total. The Morgan fingerprint density at radius 2 is 2.00 bits per heavy atom. The minimum atomic E-state index is -0.412. The van der Waals surface area contributed by atoms with E-state index in [4.69, 9.17) is 15.9 Å². The molecule has 29 heavy (non-hydrogen) atoms. The second kappa shape index (κ2) is 7.88. The number of hydrogen-bond donors (Lipinski definition) is 0. The molecule has 1 unspecified atom stereocenters. The van der Waals surface area contributed by atoms with Crippen LogP contribution in [0.1, 0.15) is 18.9 Å². The number of carbonyl (C=O) groups is 2. The molecule has 0 aliphatic carbocycles. The third-order valence-electron chi connectivity index (χ3n) is 5.22. The summed E-state index contributed by atoms with van der Waals surface area (Å²) in [5.74, 6) is 3.33. The largest absolute Gasteiger partial charge is 0.486 e. The molecule has 2 aliphatic rings. The van der Waals surface area contributed by atoms with E-state index in [2.05, 4.69) is 5.92 Å². The maximum atomic E-state index is 13.2. The van der Waals surface area contributed by atoms with E-state index in [0.717, 1.165) is 5.69 Å². The summed E-state index contributed by atoms with van der Waals surface area (Å²) in [4.78, 5) is 29.2. The van der Waals surface area contributed by atoms with E-state index in [1.54, 1.807) is 21.9 Å². The summed E-state index contributed by atoms with van der Waals surface area (Å²) in [5, 5.41) is 0. The van der Waals surface area contributed by atoms with Crippen LogP contribution in [0.4, 0.5) is 11.4 Å². The molecule has 0 radical (unpaired) electrons. The lowest BCUT2D eigenvalue weighted by Crippen LogP contribution is -2.37. The molecule has 2 heterocycles. The van der Waals surface area contributed by atoms with Gasteiger partial charge in [0.1, 0.15) is 13.2 Å². The van der Waals surface area contributed by atoms with Gasteiger partial charge in [-0.25, -0.2) is 0 Å². The fraction of sp³-hybridized carbons (Fsp3) is 0.304. The first-order valence-corrected chi connectivity index (χ1v) is 9.68. The van der Waals surface area contributed by atoms with Crippen LogP contribution in [0, 0.1) is 18.3 Å². The summed E-state index contributed by atoms with van der Waals surface area (Å²) in [6.07, 6.45) is 5.66. The zero-order chi connectivity index (χ0) is 20.4. The maximum Gasteiger partial charge on any atom is 0.232 e. The van der Waals surface area contributed by atoms with Crippen LogP contribution >= 0.6 is 0 Å². The Hall–Kier alpha value is -3.46. The van der Waals surface area contributed by atoms with Crippen LogP contribution in [0.2, 0.25) is 0 Å². The number of rotatable bonds is 4. The molecule has 6 heteroatoms. The first kappa shape index (κ1) is 18.9. The highest BCUT2D eigenvalue weighted by atomic mass is 16.6. The normalized spacial score (nSPS) is 17.7. The van der Waals surface area contributed by atoms with Crippen molar-refractivity contribution in [3.63, 3.8) is 0 Å². The van der Waals surface area contributed by atoms with Crippen molar-refractivity contribution in [3.8, 4) is 23.8 Å². The third kappa shape index (κ3) is 3.64. The fourth-order valence-corrected chi connectivity index (χ4v) is 3.77. The molecule has 2 aliphatic heterocycles. The Balaban J connectivity index is 1.53. The molecule has 0 bridgehead atoms. The molecular formula is C23H22N2O4. The first-order valence-electron chi connectivity index (χ1n) is 9.68. The summed E-state index contributed by atoms with van der Waals surface area (Å²) < 4.78 is 11.2.